The van der Waals surface area contributed by atoms with Crippen LogP contribution in [0.5, 0.6) is 0 Å². The Morgan fingerprint density at radius 3 is 2.72 bits per heavy atom. The zero-order valence-electron chi connectivity index (χ0n) is 9.40. The summed E-state index contributed by atoms with van der Waals surface area (Å²) < 4.78 is 48.8. The molecular formula is C9H13N3O4S2. The van der Waals surface area contributed by atoms with Gasteiger partial charge < -0.3 is 5.73 Å². The van der Waals surface area contributed by atoms with Crippen LogP contribution in [0.1, 0.15) is 6.42 Å². The normalized spacial score (nSPS) is 23.0. The molecule has 1 aliphatic rings. The van der Waals surface area contributed by atoms with Gasteiger partial charge in [-0.2, -0.15) is 0 Å². The summed E-state index contributed by atoms with van der Waals surface area (Å²) >= 11 is 0. The minimum absolute atomic E-state index is 0.00210. The van der Waals surface area contributed by atoms with E-state index in [2.05, 4.69) is 9.71 Å². The van der Waals surface area contributed by atoms with Gasteiger partial charge in [0, 0.05) is 12.2 Å². The van der Waals surface area contributed by atoms with E-state index in [4.69, 9.17) is 5.73 Å². The summed E-state index contributed by atoms with van der Waals surface area (Å²) in [5.41, 5.74) is 5.57. The van der Waals surface area contributed by atoms with E-state index in [1.54, 1.807) is 0 Å². The summed E-state index contributed by atoms with van der Waals surface area (Å²) in [6.07, 6.45) is 1.59. The molecule has 0 amide bonds. The topological polar surface area (TPSA) is 119 Å². The Kier molecular flexibility index (Phi) is 3.30. The first-order chi connectivity index (χ1) is 8.30. The number of hydrogen-bond acceptors (Lipinski definition) is 6. The molecule has 0 aromatic carbocycles. The Labute approximate surface area is 105 Å². The Morgan fingerprint density at radius 1 is 1.44 bits per heavy atom. The lowest BCUT2D eigenvalue weighted by atomic mass is 10.3. The maximum atomic E-state index is 12.0. The fourth-order valence-corrected chi connectivity index (χ4v) is 4.90. The third-order valence-electron chi connectivity index (χ3n) is 2.61. The number of sulfone groups is 1. The second-order valence-corrected chi connectivity index (χ2v) is 7.98. The van der Waals surface area contributed by atoms with Crippen molar-refractivity contribution < 1.29 is 16.8 Å². The van der Waals surface area contributed by atoms with E-state index in [0.717, 1.165) is 0 Å². The van der Waals surface area contributed by atoms with Crippen LogP contribution in [0.15, 0.2) is 23.4 Å². The number of anilines is 1. The second-order valence-electron chi connectivity index (χ2n) is 4.12. The largest absolute Gasteiger partial charge is 0.396 e. The fourth-order valence-electron chi connectivity index (χ4n) is 1.79. The molecule has 1 aromatic rings. The highest BCUT2D eigenvalue weighted by molar-refractivity contribution is 7.92. The summed E-state index contributed by atoms with van der Waals surface area (Å²) in [6, 6.07) is 2.34. The summed E-state index contributed by atoms with van der Waals surface area (Å²) in [6.45, 7) is 0. The summed E-state index contributed by atoms with van der Waals surface area (Å²) in [7, 11) is -7.01. The zero-order valence-corrected chi connectivity index (χ0v) is 11.0. The van der Waals surface area contributed by atoms with Crippen LogP contribution in [-0.4, -0.2) is 39.4 Å². The molecule has 1 unspecified atom stereocenters. The maximum absolute atomic E-state index is 12.0. The van der Waals surface area contributed by atoms with Crippen LogP contribution in [0.4, 0.5) is 5.69 Å². The summed E-state index contributed by atoms with van der Waals surface area (Å²) in [5.74, 6) is -0.184. The molecule has 3 N–H and O–H groups in total. The van der Waals surface area contributed by atoms with E-state index in [1.165, 1.54) is 18.3 Å². The third kappa shape index (κ3) is 2.79. The van der Waals surface area contributed by atoms with Crippen molar-refractivity contribution in [1.82, 2.24) is 9.71 Å². The predicted octanol–water partition coefficient (Wildman–Crippen LogP) is -0.871. The van der Waals surface area contributed by atoms with Crippen LogP contribution in [-0.2, 0) is 19.9 Å². The van der Waals surface area contributed by atoms with Gasteiger partial charge in [0.05, 0.1) is 17.2 Å². The molecule has 0 bridgehead atoms. The van der Waals surface area contributed by atoms with Crippen LogP contribution in [0, 0.1) is 0 Å². The first-order valence-corrected chi connectivity index (χ1v) is 8.54. The number of aromatic nitrogens is 1. The van der Waals surface area contributed by atoms with Gasteiger partial charge in [0.2, 0.25) is 0 Å². The number of hydrogen-bond donors (Lipinski definition) is 2. The van der Waals surface area contributed by atoms with Crippen LogP contribution in [0.2, 0.25) is 0 Å². The van der Waals surface area contributed by atoms with Crippen LogP contribution in [0.25, 0.3) is 0 Å². The van der Waals surface area contributed by atoms with Gasteiger partial charge in [0.1, 0.15) is 0 Å². The van der Waals surface area contributed by atoms with Gasteiger partial charge in [-0.05, 0) is 18.6 Å². The van der Waals surface area contributed by atoms with Gasteiger partial charge in [-0.15, -0.1) is 0 Å². The Hall–Kier alpha value is -1.19. The van der Waals surface area contributed by atoms with Gasteiger partial charge in [0.25, 0.3) is 10.0 Å². The molecule has 0 aliphatic carbocycles. The standard InChI is InChI=1S/C9H13N3O4S2/c10-8-2-1-4-11-9(8)18(15,16)12-7-3-5-17(13,14)6-7/h1-2,4,7,12H,3,5-6,10H2. The number of pyridine rings is 1. The Balaban J connectivity index is 2.22. The molecule has 1 saturated heterocycles. The Bertz CT molecular complexity index is 654. The lowest BCUT2D eigenvalue weighted by Gasteiger charge is -2.11. The smallest absolute Gasteiger partial charge is 0.260 e. The van der Waals surface area contributed by atoms with Crippen molar-refractivity contribution in [3.63, 3.8) is 0 Å². The van der Waals surface area contributed by atoms with Gasteiger partial charge in [-0.1, -0.05) is 0 Å². The lowest BCUT2D eigenvalue weighted by molar-refractivity contribution is 0.559. The molecule has 1 atom stereocenters. The molecule has 100 valence electrons. The predicted molar refractivity (Wildman–Crippen MR) is 66.0 cm³/mol. The molecule has 2 heterocycles. The number of nitrogen functional groups attached to an aromatic ring is 1. The van der Waals surface area contributed by atoms with Crippen molar-refractivity contribution in [2.75, 3.05) is 17.2 Å². The molecule has 0 spiro atoms. The van der Waals surface area contributed by atoms with Gasteiger partial charge in [-0.25, -0.2) is 26.5 Å². The minimum atomic E-state index is -3.88. The van der Waals surface area contributed by atoms with E-state index < -0.39 is 25.9 Å². The third-order valence-corrected chi connectivity index (χ3v) is 5.87. The minimum Gasteiger partial charge on any atom is -0.396 e. The van der Waals surface area contributed by atoms with E-state index in [1.807, 2.05) is 0 Å². The quantitative estimate of drug-likeness (QED) is 0.747. The van der Waals surface area contributed by atoms with E-state index in [-0.39, 0.29) is 28.6 Å². The molecular weight excluding hydrogens is 278 g/mol. The fraction of sp³-hybridized carbons (Fsp3) is 0.444. The molecule has 0 saturated carbocycles. The molecule has 9 heteroatoms. The van der Waals surface area contributed by atoms with E-state index >= 15 is 0 Å². The van der Waals surface area contributed by atoms with Crippen LogP contribution < -0.4 is 10.5 Å². The highest BCUT2D eigenvalue weighted by atomic mass is 32.2. The molecule has 1 aromatic heterocycles. The van der Waals surface area contributed by atoms with E-state index in [9.17, 15) is 16.8 Å². The van der Waals surface area contributed by atoms with Crippen molar-refractivity contribution >= 4 is 25.5 Å². The zero-order chi connectivity index (χ0) is 13.4. The van der Waals surface area contributed by atoms with Gasteiger partial charge in [0.15, 0.2) is 14.9 Å². The first-order valence-electron chi connectivity index (χ1n) is 5.23. The number of nitrogens with zero attached hydrogens (tertiary/aromatic N) is 1. The molecule has 7 nitrogen and oxygen atoms in total. The van der Waals surface area contributed by atoms with Crippen molar-refractivity contribution in [3.8, 4) is 0 Å². The molecule has 1 fully saturated rings. The van der Waals surface area contributed by atoms with Crippen molar-refractivity contribution in [2.24, 2.45) is 0 Å². The molecule has 1 aliphatic heterocycles. The summed E-state index contributed by atoms with van der Waals surface area (Å²) in [4.78, 5) is 3.70. The highest BCUT2D eigenvalue weighted by Gasteiger charge is 2.32. The van der Waals surface area contributed by atoms with Crippen LogP contribution in [0.3, 0.4) is 0 Å². The van der Waals surface area contributed by atoms with Gasteiger partial charge in [-0.3, -0.25) is 0 Å². The monoisotopic (exact) mass is 291 g/mol. The number of rotatable bonds is 3. The van der Waals surface area contributed by atoms with Crippen LogP contribution >= 0.6 is 0 Å². The maximum Gasteiger partial charge on any atom is 0.260 e. The van der Waals surface area contributed by atoms with E-state index in [0.29, 0.717) is 0 Å². The Morgan fingerprint density at radius 2 is 2.17 bits per heavy atom. The van der Waals surface area contributed by atoms with Crippen molar-refractivity contribution in [3.05, 3.63) is 18.3 Å². The molecule has 2 rings (SSSR count). The lowest BCUT2D eigenvalue weighted by Crippen LogP contribution is -2.36. The van der Waals surface area contributed by atoms with Crippen molar-refractivity contribution in [1.29, 1.82) is 0 Å². The second kappa shape index (κ2) is 4.48. The van der Waals surface area contributed by atoms with Gasteiger partial charge >= 0.3 is 0 Å². The average Bonchev–Trinajstić information content (AvgIpc) is 2.57. The average molecular weight is 291 g/mol. The number of nitrogens with two attached hydrogens (primary N) is 1. The number of sulfonamides is 1. The summed E-state index contributed by atoms with van der Waals surface area (Å²) in [5, 5.41) is -0.269. The highest BCUT2D eigenvalue weighted by Crippen LogP contribution is 2.17. The van der Waals surface area contributed by atoms with Crippen molar-refractivity contribution in [2.45, 2.75) is 17.5 Å². The first kappa shape index (κ1) is 13.2. The SMILES string of the molecule is Nc1cccnc1S(=O)(=O)NC1CCS(=O)(=O)C1. The number of nitrogens with one attached hydrogen (secondary N) is 1. The molecule has 0 radical (unpaired) electrons. The molecule has 18 heavy (non-hydrogen) atoms.